The summed E-state index contributed by atoms with van der Waals surface area (Å²) in [5, 5.41) is 3.93. The Morgan fingerprint density at radius 3 is 2.52 bits per heavy atom. The van der Waals surface area contributed by atoms with E-state index in [9.17, 15) is 13.2 Å². The van der Waals surface area contributed by atoms with Gasteiger partial charge in [0.25, 0.3) is 0 Å². The van der Waals surface area contributed by atoms with Gasteiger partial charge in [-0.05, 0) is 43.9 Å². The number of halogens is 3. The number of nitrogens with one attached hydrogen (secondary N) is 1. The van der Waals surface area contributed by atoms with Crippen LogP contribution in [0.5, 0.6) is 0 Å². The third-order valence-corrected chi connectivity index (χ3v) is 6.35. The fraction of sp³-hybridized carbons (Fsp3) is 0.800. The molecule has 0 saturated heterocycles. The molecule has 0 aromatic carbocycles. The third kappa shape index (κ3) is 2.72. The zero-order valence-corrected chi connectivity index (χ0v) is 12.6. The Bertz CT molecular complexity index is 536. The van der Waals surface area contributed by atoms with Crippen molar-refractivity contribution in [1.82, 2.24) is 10.3 Å². The summed E-state index contributed by atoms with van der Waals surface area (Å²) in [6.45, 7) is 0.317. The van der Waals surface area contributed by atoms with Gasteiger partial charge in [0.05, 0.1) is 9.88 Å². The molecule has 1 N–H and O–H groups in total. The highest BCUT2D eigenvalue weighted by molar-refractivity contribution is 7.11. The summed E-state index contributed by atoms with van der Waals surface area (Å²) in [5.74, 6) is 1.59. The molecule has 2 bridgehead atoms. The molecule has 4 rings (SSSR count). The Morgan fingerprint density at radius 2 is 1.95 bits per heavy atom. The first kappa shape index (κ1) is 14.0. The molecule has 3 atom stereocenters. The molecule has 2 nitrogen and oxygen atoms in total. The largest absolute Gasteiger partial charge is 0.434 e. The summed E-state index contributed by atoms with van der Waals surface area (Å²) in [4.78, 5) is 4.42. The number of hydrogen-bond acceptors (Lipinski definition) is 3. The maximum atomic E-state index is 13.2. The van der Waals surface area contributed by atoms with Crippen molar-refractivity contribution in [3.63, 3.8) is 0 Å². The fourth-order valence-corrected chi connectivity index (χ4v) is 5.18. The van der Waals surface area contributed by atoms with E-state index in [1.165, 1.54) is 30.6 Å². The molecule has 6 heteroatoms. The predicted octanol–water partition coefficient (Wildman–Crippen LogP) is 4.32. The van der Waals surface area contributed by atoms with Crippen LogP contribution in [-0.4, -0.2) is 11.0 Å². The Kier molecular flexibility index (Phi) is 3.30. The van der Waals surface area contributed by atoms with Crippen molar-refractivity contribution in [2.45, 2.75) is 63.2 Å². The van der Waals surface area contributed by atoms with Crippen LogP contribution in [0.3, 0.4) is 0 Å². The first-order valence-electron chi connectivity index (χ1n) is 7.81. The normalized spacial score (nSPS) is 32.0. The second kappa shape index (κ2) is 4.95. The van der Waals surface area contributed by atoms with Crippen LogP contribution in [0.15, 0.2) is 0 Å². The fourth-order valence-electron chi connectivity index (χ4n) is 3.94. The Morgan fingerprint density at radius 1 is 1.14 bits per heavy atom. The van der Waals surface area contributed by atoms with E-state index in [1.54, 1.807) is 0 Å². The minimum Gasteiger partial charge on any atom is -0.309 e. The van der Waals surface area contributed by atoms with E-state index in [0.29, 0.717) is 23.4 Å². The number of nitrogens with zero attached hydrogens (tertiary/aromatic N) is 1. The number of rotatable bonds is 4. The molecule has 3 unspecified atom stereocenters. The van der Waals surface area contributed by atoms with Gasteiger partial charge in [0.15, 0.2) is 5.69 Å². The average molecular weight is 316 g/mol. The first-order valence-corrected chi connectivity index (χ1v) is 8.62. The quantitative estimate of drug-likeness (QED) is 0.895. The summed E-state index contributed by atoms with van der Waals surface area (Å²) < 4.78 is 39.6. The molecule has 116 valence electrons. The molecule has 3 saturated carbocycles. The highest BCUT2D eigenvalue weighted by atomic mass is 32.1. The van der Waals surface area contributed by atoms with Gasteiger partial charge in [-0.3, -0.25) is 0 Å². The Balaban J connectivity index is 1.59. The molecule has 1 aromatic rings. The minimum atomic E-state index is -4.33. The van der Waals surface area contributed by atoms with E-state index in [-0.39, 0.29) is 5.92 Å². The van der Waals surface area contributed by atoms with E-state index in [4.69, 9.17) is 0 Å². The zero-order valence-electron chi connectivity index (χ0n) is 11.7. The van der Waals surface area contributed by atoms with Crippen molar-refractivity contribution < 1.29 is 13.2 Å². The van der Waals surface area contributed by atoms with Crippen molar-refractivity contribution in [2.24, 2.45) is 11.8 Å². The molecular formula is C15H19F3N2S. The van der Waals surface area contributed by atoms with Crippen LogP contribution in [0.2, 0.25) is 0 Å². The molecule has 0 amide bonds. The second-order valence-corrected chi connectivity index (χ2v) is 7.87. The van der Waals surface area contributed by atoms with E-state index in [0.717, 1.165) is 30.2 Å². The average Bonchev–Trinajstić information content (AvgIpc) is 2.88. The highest BCUT2D eigenvalue weighted by Crippen LogP contribution is 2.54. The molecular weight excluding hydrogens is 297 g/mol. The predicted molar refractivity (Wildman–Crippen MR) is 75.2 cm³/mol. The van der Waals surface area contributed by atoms with E-state index in [2.05, 4.69) is 10.3 Å². The monoisotopic (exact) mass is 316 g/mol. The maximum absolute atomic E-state index is 13.2. The van der Waals surface area contributed by atoms with Crippen molar-refractivity contribution >= 4 is 11.3 Å². The van der Waals surface area contributed by atoms with Gasteiger partial charge in [-0.15, -0.1) is 11.3 Å². The van der Waals surface area contributed by atoms with E-state index in [1.807, 2.05) is 0 Å². The van der Waals surface area contributed by atoms with Crippen molar-refractivity contribution in [3.05, 3.63) is 15.6 Å². The number of fused-ring (bicyclic) bond motifs is 2. The lowest BCUT2D eigenvalue weighted by Crippen LogP contribution is -2.18. The Hall–Kier alpha value is -0.620. The van der Waals surface area contributed by atoms with Crippen LogP contribution in [-0.2, 0) is 12.7 Å². The molecule has 1 aromatic heterocycles. The number of hydrogen-bond donors (Lipinski definition) is 1. The molecule has 3 fully saturated rings. The van der Waals surface area contributed by atoms with Crippen molar-refractivity contribution in [1.29, 1.82) is 0 Å². The lowest BCUT2D eigenvalue weighted by Gasteiger charge is -2.18. The molecule has 3 aliphatic rings. The van der Waals surface area contributed by atoms with Gasteiger partial charge in [-0.25, -0.2) is 4.98 Å². The van der Waals surface area contributed by atoms with Gasteiger partial charge in [0.1, 0.15) is 0 Å². The molecule has 3 aliphatic carbocycles. The van der Waals surface area contributed by atoms with Gasteiger partial charge in [0, 0.05) is 18.5 Å². The van der Waals surface area contributed by atoms with E-state index < -0.39 is 11.9 Å². The molecule has 0 spiro atoms. The topological polar surface area (TPSA) is 24.9 Å². The summed E-state index contributed by atoms with van der Waals surface area (Å²) in [6.07, 6.45) is 2.51. The molecule has 0 aliphatic heterocycles. The minimum absolute atomic E-state index is 0.282. The smallest absolute Gasteiger partial charge is 0.309 e. The zero-order chi connectivity index (χ0) is 14.6. The summed E-state index contributed by atoms with van der Waals surface area (Å²) in [6, 6.07) is 0.416. The van der Waals surface area contributed by atoms with Crippen LogP contribution in [0.4, 0.5) is 13.2 Å². The van der Waals surface area contributed by atoms with Gasteiger partial charge >= 0.3 is 6.18 Å². The van der Waals surface area contributed by atoms with Gasteiger partial charge < -0.3 is 5.32 Å². The van der Waals surface area contributed by atoms with E-state index >= 15 is 0 Å². The van der Waals surface area contributed by atoms with Gasteiger partial charge in [0.2, 0.25) is 0 Å². The van der Waals surface area contributed by atoms with Crippen LogP contribution < -0.4 is 5.32 Å². The first-order chi connectivity index (χ1) is 10.0. The maximum Gasteiger partial charge on any atom is 0.434 e. The third-order valence-electron chi connectivity index (χ3n) is 5.17. The van der Waals surface area contributed by atoms with Crippen molar-refractivity contribution in [2.75, 3.05) is 0 Å². The SMILES string of the molecule is FC(F)(F)c1nc(C2CC3CCC2C3)sc1CNC1CC1. The van der Waals surface area contributed by atoms with Crippen LogP contribution >= 0.6 is 11.3 Å². The molecule has 0 radical (unpaired) electrons. The highest BCUT2D eigenvalue weighted by Gasteiger charge is 2.44. The van der Waals surface area contributed by atoms with Crippen molar-refractivity contribution in [3.8, 4) is 0 Å². The summed E-state index contributed by atoms with van der Waals surface area (Å²) in [5.41, 5.74) is -0.640. The van der Waals surface area contributed by atoms with Gasteiger partial charge in [-0.2, -0.15) is 13.2 Å². The number of alkyl halides is 3. The van der Waals surface area contributed by atoms with Gasteiger partial charge in [-0.1, -0.05) is 6.42 Å². The second-order valence-electron chi connectivity index (χ2n) is 6.76. The van der Waals surface area contributed by atoms with Crippen LogP contribution in [0, 0.1) is 11.8 Å². The molecule has 1 heterocycles. The van der Waals surface area contributed by atoms with Crippen LogP contribution in [0.1, 0.15) is 60.0 Å². The standard InChI is InChI=1S/C15H19F3N2S/c16-15(17,18)13-12(7-19-10-3-4-10)21-14(20-13)11-6-8-1-2-9(11)5-8/h8-11,19H,1-7H2. The summed E-state index contributed by atoms with van der Waals surface area (Å²) >= 11 is 1.30. The number of thiazole rings is 1. The Labute approximate surface area is 126 Å². The number of aromatic nitrogens is 1. The lowest BCUT2D eigenvalue weighted by atomic mass is 9.89. The molecule has 21 heavy (non-hydrogen) atoms. The summed E-state index contributed by atoms with van der Waals surface area (Å²) in [7, 11) is 0. The van der Waals surface area contributed by atoms with Crippen LogP contribution in [0.25, 0.3) is 0 Å². The lowest BCUT2D eigenvalue weighted by molar-refractivity contribution is -0.141.